The highest BCUT2D eigenvalue weighted by Crippen LogP contribution is 2.16. The van der Waals surface area contributed by atoms with Crippen LogP contribution in [0, 0.1) is 11.8 Å². The predicted octanol–water partition coefficient (Wildman–Crippen LogP) is 1.15. The Bertz CT molecular complexity index is 294. The monoisotopic (exact) mass is 271 g/mol. The van der Waals surface area contributed by atoms with Crippen molar-refractivity contribution in [2.75, 3.05) is 26.2 Å². The topological polar surface area (TPSA) is 58.4 Å². The molecule has 1 aliphatic heterocycles. The SMILES string of the molecule is CC(C)CCNC(=O)CN1CCCC(C(N)=S)C1. The highest BCUT2D eigenvalue weighted by molar-refractivity contribution is 7.80. The number of hydrogen-bond donors (Lipinski definition) is 2. The minimum Gasteiger partial charge on any atom is -0.393 e. The quantitative estimate of drug-likeness (QED) is 0.712. The molecule has 1 fully saturated rings. The van der Waals surface area contributed by atoms with Crippen molar-refractivity contribution in [2.45, 2.75) is 33.1 Å². The van der Waals surface area contributed by atoms with Crippen LogP contribution in [0.15, 0.2) is 0 Å². The van der Waals surface area contributed by atoms with Crippen LogP contribution in [0.4, 0.5) is 0 Å². The molecule has 0 aliphatic carbocycles. The van der Waals surface area contributed by atoms with Gasteiger partial charge in [-0.3, -0.25) is 9.69 Å². The number of amides is 1. The highest BCUT2D eigenvalue weighted by Gasteiger charge is 2.22. The zero-order valence-corrected chi connectivity index (χ0v) is 12.3. The van der Waals surface area contributed by atoms with E-state index in [4.69, 9.17) is 18.0 Å². The van der Waals surface area contributed by atoms with Gasteiger partial charge >= 0.3 is 0 Å². The third kappa shape index (κ3) is 5.78. The van der Waals surface area contributed by atoms with Crippen LogP contribution in [0.1, 0.15) is 33.1 Å². The number of hydrogen-bond acceptors (Lipinski definition) is 3. The number of nitrogens with one attached hydrogen (secondary N) is 1. The second-order valence-electron chi connectivity index (χ2n) is 5.51. The van der Waals surface area contributed by atoms with Gasteiger partial charge in [-0.05, 0) is 31.7 Å². The van der Waals surface area contributed by atoms with Gasteiger partial charge in [0.05, 0.1) is 11.5 Å². The van der Waals surface area contributed by atoms with Gasteiger partial charge in [0, 0.05) is 19.0 Å². The Kier molecular flexibility index (Phi) is 6.57. The summed E-state index contributed by atoms with van der Waals surface area (Å²) in [6.07, 6.45) is 3.16. The summed E-state index contributed by atoms with van der Waals surface area (Å²) in [5.41, 5.74) is 5.68. The Labute approximate surface area is 115 Å². The molecule has 0 spiro atoms. The third-order valence-electron chi connectivity index (χ3n) is 3.32. The van der Waals surface area contributed by atoms with Gasteiger partial charge in [-0.1, -0.05) is 26.1 Å². The molecule has 0 bridgehead atoms. The van der Waals surface area contributed by atoms with E-state index in [-0.39, 0.29) is 11.8 Å². The lowest BCUT2D eigenvalue weighted by Crippen LogP contribution is -2.45. The number of likely N-dealkylation sites (tertiary alicyclic amines) is 1. The summed E-state index contributed by atoms with van der Waals surface area (Å²) in [4.78, 5) is 14.5. The summed E-state index contributed by atoms with van der Waals surface area (Å²) in [6.45, 7) is 7.34. The maximum Gasteiger partial charge on any atom is 0.234 e. The van der Waals surface area contributed by atoms with Crippen molar-refractivity contribution in [3.63, 3.8) is 0 Å². The molecule has 104 valence electrons. The lowest BCUT2D eigenvalue weighted by atomic mass is 9.98. The Morgan fingerprint density at radius 3 is 2.89 bits per heavy atom. The normalized spacial score (nSPS) is 20.9. The first kappa shape index (κ1) is 15.4. The summed E-state index contributed by atoms with van der Waals surface area (Å²) < 4.78 is 0. The molecule has 1 unspecified atom stereocenters. The van der Waals surface area contributed by atoms with Crippen LogP contribution >= 0.6 is 12.2 Å². The Hall–Kier alpha value is -0.680. The van der Waals surface area contributed by atoms with Crippen LogP contribution in [0.25, 0.3) is 0 Å². The van der Waals surface area contributed by atoms with E-state index < -0.39 is 0 Å². The zero-order valence-electron chi connectivity index (χ0n) is 11.4. The van der Waals surface area contributed by atoms with Gasteiger partial charge in [0.15, 0.2) is 0 Å². The van der Waals surface area contributed by atoms with Crippen molar-refractivity contribution in [3.05, 3.63) is 0 Å². The maximum atomic E-state index is 11.8. The molecule has 1 amide bonds. The fourth-order valence-corrected chi connectivity index (χ4v) is 2.38. The van der Waals surface area contributed by atoms with Gasteiger partial charge in [-0.25, -0.2) is 0 Å². The zero-order chi connectivity index (χ0) is 13.5. The van der Waals surface area contributed by atoms with E-state index in [1.807, 2.05) is 0 Å². The smallest absolute Gasteiger partial charge is 0.234 e. The molecule has 5 heteroatoms. The van der Waals surface area contributed by atoms with Gasteiger partial charge in [-0.2, -0.15) is 0 Å². The molecule has 0 aromatic rings. The van der Waals surface area contributed by atoms with E-state index in [0.717, 1.165) is 38.9 Å². The number of carbonyl (C=O) groups excluding carboxylic acids is 1. The fourth-order valence-electron chi connectivity index (χ4n) is 2.19. The average Bonchev–Trinajstić information content (AvgIpc) is 2.28. The molecule has 1 aliphatic rings. The van der Waals surface area contributed by atoms with Crippen LogP contribution in [-0.2, 0) is 4.79 Å². The van der Waals surface area contributed by atoms with Crippen LogP contribution in [-0.4, -0.2) is 42.0 Å². The van der Waals surface area contributed by atoms with Crippen molar-refractivity contribution in [1.29, 1.82) is 0 Å². The van der Waals surface area contributed by atoms with Crippen LogP contribution in [0.5, 0.6) is 0 Å². The van der Waals surface area contributed by atoms with Gasteiger partial charge in [-0.15, -0.1) is 0 Å². The Balaban J connectivity index is 2.24. The number of carbonyl (C=O) groups is 1. The van der Waals surface area contributed by atoms with Crippen molar-refractivity contribution in [3.8, 4) is 0 Å². The maximum absolute atomic E-state index is 11.8. The van der Waals surface area contributed by atoms with Crippen LogP contribution in [0.2, 0.25) is 0 Å². The summed E-state index contributed by atoms with van der Waals surface area (Å²) >= 11 is 5.03. The summed E-state index contributed by atoms with van der Waals surface area (Å²) in [7, 11) is 0. The molecule has 4 nitrogen and oxygen atoms in total. The Morgan fingerprint density at radius 1 is 1.56 bits per heavy atom. The molecular formula is C13H25N3OS. The van der Waals surface area contributed by atoms with E-state index in [9.17, 15) is 4.79 Å². The fraction of sp³-hybridized carbons (Fsp3) is 0.846. The molecule has 1 atom stereocenters. The third-order valence-corrected chi connectivity index (χ3v) is 3.65. The average molecular weight is 271 g/mol. The minimum absolute atomic E-state index is 0.110. The van der Waals surface area contributed by atoms with E-state index in [2.05, 4.69) is 24.1 Å². The summed E-state index contributed by atoms with van der Waals surface area (Å²) in [5, 5.41) is 2.96. The molecule has 18 heavy (non-hydrogen) atoms. The summed E-state index contributed by atoms with van der Waals surface area (Å²) in [5.74, 6) is 1.01. The predicted molar refractivity (Wildman–Crippen MR) is 78.4 cm³/mol. The van der Waals surface area contributed by atoms with Crippen LogP contribution in [0.3, 0.4) is 0 Å². The standard InChI is InChI=1S/C13H25N3OS/c1-10(2)5-6-15-12(17)9-16-7-3-4-11(8-16)13(14)18/h10-11H,3-9H2,1-2H3,(H2,14,18)(H,15,17). The van der Waals surface area contributed by atoms with Crippen molar-refractivity contribution < 1.29 is 4.79 Å². The largest absolute Gasteiger partial charge is 0.393 e. The van der Waals surface area contributed by atoms with E-state index >= 15 is 0 Å². The van der Waals surface area contributed by atoms with Gasteiger partial charge in [0.1, 0.15) is 0 Å². The molecule has 0 radical (unpaired) electrons. The van der Waals surface area contributed by atoms with Gasteiger partial charge in [0.25, 0.3) is 0 Å². The first-order valence-corrected chi connectivity index (χ1v) is 7.18. The molecule has 0 saturated carbocycles. The van der Waals surface area contributed by atoms with Crippen LogP contribution < -0.4 is 11.1 Å². The van der Waals surface area contributed by atoms with Gasteiger partial charge < -0.3 is 11.1 Å². The number of rotatable bonds is 6. The lowest BCUT2D eigenvalue weighted by molar-refractivity contribution is -0.122. The second-order valence-corrected chi connectivity index (χ2v) is 5.98. The van der Waals surface area contributed by atoms with Crippen molar-refractivity contribution >= 4 is 23.1 Å². The lowest BCUT2D eigenvalue weighted by Gasteiger charge is -2.31. The summed E-state index contributed by atoms with van der Waals surface area (Å²) in [6, 6.07) is 0. The molecule has 0 aromatic carbocycles. The highest BCUT2D eigenvalue weighted by atomic mass is 32.1. The number of thiocarbonyl (C=S) groups is 1. The molecular weight excluding hydrogens is 246 g/mol. The molecule has 1 heterocycles. The minimum atomic E-state index is 0.110. The molecule has 1 saturated heterocycles. The van der Waals surface area contributed by atoms with E-state index in [0.29, 0.717) is 17.5 Å². The molecule has 1 rings (SSSR count). The number of piperidine rings is 1. The van der Waals surface area contributed by atoms with Gasteiger partial charge in [0.2, 0.25) is 5.91 Å². The number of nitrogens with two attached hydrogens (primary N) is 1. The van der Waals surface area contributed by atoms with E-state index in [1.54, 1.807) is 0 Å². The molecule has 3 N–H and O–H groups in total. The Morgan fingerprint density at radius 2 is 2.28 bits per heavy atom. The van der Waals surface area contributed by atoms with Crippen molar-refractivity contribution in [2.24, 2.45) is 17.6 Å². The first-order valence-electron chi connectivity index (χ1n) is 6.77. The first-order chi connectivity index (χ1) is 8.49. The van der Waals surface area contributed by atoms with Crippen molar-refractivity contribution in [1.82, 2.24) is 10.2 Å². The second kappa shape index (κ2) is 7.69. The van der Waals surface area contributed by atoms with E-state index in [1.165, 1.54) is 0 Å². The number of nitrogens with zero attached hydrogens (tertiary/aromatic N) is 1. The molecule has 0 aromatic heterocycles.